The lowest BCUT2D eigenvalue weighted by Gasteiger charge is -2.16. The van der Waals surface area contributed by atoms with E-state index >= 15 is 0 Å². The minimum absolute atomic E-state index is 0.629. The van der Waals surface area contributed by atoms with Crippen LogP contribution in [-0.4, -0.2) is 19.9 Å². The number of hydrogen-bond donors (Lipinski definition) is 0. The van der Waals surface area contributed by atoms with Gasteiger partial charge in [0.25, 0.3) is 0 Å². The molecule has 0 unspecified atom stereocenters. The second-order valence-corrected chi connectivity index (χ2v) is 13.8. The molecule has 0 aliphatic rings. The van der Waals surface area contributed by atoms with Gasteiger partial charge in [-0.3, -0.25) is 4.98 Å². The average molecular weight is 714 g/mol. The summed E-state index contributed by atoms with van der Waals surface area (Å²) < 4.78 is 0. The number of rotatable bonds is 6. The van der Waals surface area contributed by atoms with Gasteiger partial charge in [0, 0.05) is 33.8 Å². The van der Waals surface area contributed by atoms with Crippen LogP contribution < -0.4 is 0 Å². The molecule has 0 N–H and O–H groups in total. The van der Waals surface area contributed by atoms with Crippen molar-refractivity contribution in [2.24, 2.45) is 0 Å². The van der Waals surface area contributed by atoms with Gasteiger partial charge in [0.05, 0.1) is 17.1 Å². The van der Waals surface area contributed by atoms with Gasteiger partial charge < -0.3 is 0 Å². The molecule has 10 aromatic rings. The molecule has 0 saturated carbocycles. The van der Waals surface area contributed by atoms with E-state index in [9.17, 15) is 5.26 Å². The van der Waals surface area contributed by atoms with Crippen molar-refractivity contribution in [2.45, 2.75) is 0 Å². The first-order valence-corrected chi connectivity index (χ1v) is 18.5. The summed E-state index contributed by atoms with van der Waals surface area (Å²) in [6.07, 6.45) is 1.85. The maximum absolute atomic E-state index is 9.40. The number of hydrogen-bond acceptors (Lipinski definition) is 5. The minimum Gasteiger partial charge on any atom is -0.256 e. The van der Waals surface area contributed by atoms with E-state index in [1.807, 2.05) is 97.2 Å². The number of benzene rings is 8. The van der Waals surface area contributed by atoms with Gasteiger partial charge in [0.2, 0.25) is 0 Å². The first-order chi connectivity index (χ1) is 27.7. The van der Waals surface area contributed by atoms with Crippen LogP contribution >= 0.6 is 0 Å². The Morgan fingerprint density at radius 3 is 1.50 bits per heavy atom. The molecule has 0 aliphatic carbocycles. The van der Waals surface area contributed by atoms with Crippen LogP contribution in [0.15, 0.2) is 188 Å². The van der Waals surface area contributed by atoms with Crippen molar-refractivity contribution in [3.63, 3.8) is 0 Å². The number of nitrogens with zero attached hydrogens (tertiary/aromatic N) is 5. The van der Waals surface area contributed by atoms with Crippen molar-refractivity contribution in [3.8, 4) is 73.6 Å². The van der Waals surface area contributed by atoms with Gasteiger partial charge in [-0.1, -0.05) is 146 Å². The molecule has 0 spiro atoms. The fraction of sp³-hybridized carbons (Fsp3) is 0. The summed E-state index contributed by atoms with van der Waals surface area (Å²) in [5.74, 6) is 1.91. The van der Waals surface area contributed by atoms with Gasteiger partial charge in [0.1, 0.15) is 0 Å². The van der Waals surface area contributed by atoms with Gasteiger partial charge >= 0.3 is 0 Å². The normalized spacial score (nSPS) is 11.2. The van der Waals surface area contributed by atoms with E-state index in [1.165, 1.54) is 16.2 Å². The number of nitriles is 1. The van der Waals surface area contributed by atoms with Gasteiger partial charge in [-0.2, -0.15) is 5.26 Å². The molecule has 5 nitrogen and oxygen atoms in total. The van der Waals surface area contributed by atoms with Crippen molar-refractivity contribution in [1.82, 2.24) is 19.9 Å². The van der Waals surface area contributed by atoms with Crippen LogP contribution in [0.2, 0.25) is 0 Å². The summed E-state index contributed by atoms with van der Waals surface area (Å²) in [6.45, 7) is 0. The summed E-state index contributed by atoms with van der Waals surface area (Å²) in [5.41, 5.74) is 11.0. The fourth-order valence-corrected chi connectivity index (χ4v) is 7.63. The highest BCUT2D eigenvalue weighted by Crippen LogP contribution is 2.42. The smallest absolute Gasteiger partial charge is 0.164 e. The lowest BCUT2D eigenvalue weighted by molar-refractivity contribution is 1.07. The third kappa shape index (κ3) is 5.92. The van der Waals surface area contributed by atoms with E-state index in [0.29, 0.717) is 23.0 Å². The molecular weight excluding hydrogens is 683 g/mol. The summed E-state index contributed by atoms with van der Waals surface area (Å²) >= 11 is 0. The SMILES string of the molecule is N#Cc1ccc(-c2cc3c4ccccc4c(-c4cccc(-c5ccc(-c6nc(-c7ccccc7)nc(-c7ccccc7)n6)cc5)c4)cc3c3cccnc23)cc1. The van der Waals surface area contributed by atoms with Crippen LogP contribution in [0.4, 0.5) is 0 Å². The molecular formula is C51H31N5. The molecule has 260 valence electrons. The molecule has 56 heavy (non-hydrogen) atoms. The van der Waals surface area contributed by atoms with Crippen molar-refractivity contribution < 1.29 is 0 Å². The first-order valence-electron chi connectivity index (χ1n) is 18.5. The van der Waals surface area contributed by atoms with E-state index in [1.54, 1.807) is 0 Å². The molecule has 2 heterocycles. The fourth-order valence-electron chi connectivity index (χ4n) is 7.63. The summed E-state index contributed by atoms with van der Waals surface area (Å²) in [5, 5.41) is 15.2. The second-order valence-electron chi connectivity index (χ2n) is 13.8. The molecule has 0 atom stereocenters. The zero-order valence-corrected chi connectivity index (χ0v) is 30.1. The van der Waals surface area contributed by atoms with Crippen molar-refractivity contribution in [2.75, 3.05) is 0 Å². The van der Waals surface area contributed by atoms with Gasteiger partial charge in [-0.05, 0) is 85.8 Å². The van der Waals surface area contributed by atoms with Crippen LogP contribution in [0.1, 0.15) is 5.56 Å². The molecule has 0 aliphatic heterocycles. The van der Waals surface area contributed by atoms with E-state index in [0.717, 1.165) is 66.4 Å². The molecule has 0 saturated heterocycles. The van der Waals surface area contributed by atoms with E-state index < -0.39 is 0 Å². The van der Waals surface area contributed by atoms with Gasteiger partial charge in [-0.25, -0.2) is 15.0 Å². The first kappa shape index (κ1) is 32.8. The molecule has 0 radical (unpaired) electrons. The lowest BCUT2D eigenvalue weighted by Crippen LogP contribution is -2.00. The molecule has 0 fully saturated rings. The maximum atomic E-state index is 9.40. The molecule has 8 aromatic carbocycles. The largest absolute Gasteiger partial charge is 0.256 e. The Labute approximate surface area is 323 Å². The lowest BCUT2D eigenvalue weighted by atomic mass is 9.88. The Hall–Kier alpha value is -7.81. The Morgan fingerprint density at radius 1 is 0.339 bits per heavy atom. The molecule has 0 amide bonds. The topological polar surface area (TPSA) is 75.3 Å². The molecule has 10 rings (SSSR count). The monoisotopic (exact) mass is 713 g/mol. The Morgan fingerprint density at radius 2 is 0.839 bits per heavy atom. The quantitative estimate of drug-likeness (QED) is 0.160. The van der Waals surface area contributed by atoms with Gasteiger partial charge in [-0.15, -0.1) is 0 Å². The summed E-state index contributed by atoms with van der Waals surface area (Å²) in [7, 11) is 0. The van der Waals surface area contributed by atoms with E-state index in [2.05, 4.69) is 97.1 Å². The average Bonchev–Trinajstić information content (AvgIpc) is 3.29. The summed E-state index contributed by atoms with van der Waals surface area (Å²) in [6, 6.07) is 64.7. The van der Waals surface area contributed by atoms with Crippen LogP contribution in [0.3, 0.4) is 0 Å². The predicted octanol–water partition coefficient (Wildman–Crippen LogP) is 12.6. The minimum atomic E-state index is 0.629. The third-order valence-electron chi connectivity index (χ3n) is 10.4. The van der Waals surface area contributed by atoms with E-state index in [4.69, 9.17) is 19.9 Å². The zero-order valence-electron chi connectivity index (χ0n) is 30.1. The Bertz CT molecular complexity index is 3060. The van der Waals surface area contributed by atoms with Crippen molar-refractivity contribution >= 4 is 32.4 Å². The Kier molecular flexibility index (Phi) is 8.13. The zero-order chi connectivity index (χ0) is 37.4. The van der Waals surface area contributed by atoms with Crippen LogP contribution in [-0.2, 0) is 0 Å². The van der Waals surface area contributed by atoms with Crippen LogP contribution in [0.5, 0.6) is 0 Å². The second kappa shape index (κ2) is 13.9. The van der Waals surface area contributed by atoms with Crippen molar-refractivity contribution in [3.05, 3.63) is 194 Å². The highest BCUT2D eigenvalue weighted by atomic mass is 15.0. The molecule has 2 aromatic heterocycles. The van der Waals surface area contributed by atoms with Crippen molar-refractivity contribution in [1.29, 1.82) is 5.26 Å². The third-order valence-corrected chi connectivity index (χ3v) is 10.4. The van der Waals surface area contributed by atoms with Gasteiger partial charge in [0.15, 0.2) is 17.5 Å². The predicted molar refractivity (Wildman–Crippen MR) is 227 cm³/mol. The highest BCUT2D eigenvalue weighted by Gasteiger charge is 2.16. The molecule has 5 heteroatoms. The number of fused-ring (bicyclic) bond motifs is 5. The van der Waals surface area contributed by atoms with E-state index in [-0.39, 0.29) is 0 Å². The number of pyridine rings is 1. The maximum Gasteiger partial charge on any atom is 0.164 e. The molecule has 0 bridgehead atoms. The standard InChI is InChI=1S/C51H31N5/c52-32-33-20-22-35(23-21-33)45-31-46-42-18-8-7-17-41(42)44(30-47(46)43-19-10-28-53-48(43)45)40-16-9-15-39(29-40)34-24-26-38(27-25-34)51-55-49(36-11-3-1-4-12-36)54-50(56-51)37-13-5-2-6-14-37/h1-31H. The van der Waals surface area contributed by atoms with Crippen LogP contribution in [0, 0.1) is 11.3 Å². The van der Waals surface area contributed by atoms with Crippen LogP contribution in [0.25, 0.3) is 100.0 Å². The summed E-state index contributed by atoms with van der Waals surface area (Å²) in [4.78, 5) is 19.6. The highest BCUT2D eigenvalue weighted by molar-refractivity contribution is 6.23. The number of aromatic nitrogens is 4. The Balaban J connectivity index is 1.06.